The van der Waals surface area contributed by atoms with Crippen molar-refractivity contribution in [2.75, 3.05) is 25.6 Å². The van der Waals surface area contributed by atoms with Crippen molar-refractivity contribution in [3.63, 3.8) is 0 Å². The largest absolute Gasteiger partial charge is 0.495 e. The zero-order chi connectivity index (χ0) is 27.8. The molecule has 208 valence electrons. The lowest BCUT2D eigenvalue weighted by atomic mass is 9.96. The molecular formula is C30H29N7O4. The second-order valence-electron chi connectivity index (χ2n) is 10.2. The number of methoxy groups -OCH3 is 1. The Morgan fingerprint density at radius 2 is 1.88 bits per heavy atom. The highest BCUT2D eigenvalue weighted by Gasteiger charge is 2.25. The van der Waals surface area contributed by atoms with Crippen LogP contribution in [0, 0.1) is 0 Å². The Hall–Kier alpha value is -4.90. The molecule has 2 aliphatic rings. The summed E-state index contributed by atoms with van der Waals surface area (Å²) in [5, 5.41) is 7.03. The van der Waals surface area contributed by atoms with Crippen LogP contribution >= 0.6 is 0 Å². The molecule has 41 heavy (non-hydrogen) atoms. The van der Waals surface area contributed by atoms with E-state index in [2.05, 4.69) is 37.7 Å². The van der Waals surface area contributed by atoms with E-state index in [1.165, 1.54) is 0 Å². The minimum Gasteiger partial charge on any atom is -0.495 e. The maximum atomic E-state index is 12.6. The van der Waals surface area contributed by atoms with Gasteiger partial charge in [-0.3, -0.25) is 4.79 Å². The maximum absolute atomic E-state index is 12.6. The van der Waals surface area contributed by atoms with Crippen molar-refractivity contribution in [2.45, 2.75) is 31.4 Å². The molecule has 7 rings (SSSR count). The second kappa shape index (κ2) is 10.6. The third kappa shape index (κ3) is 4.95. The number of hydrogen-bond acceptors (Lipinski definition) is 8. The van der Waals surface area contributed by atoms with E-state index in [9.17, 15) is 4.79 Å². The van der Waals surface area contributed by atoms with Crippen molar-refractivity contribution >= 4 is 28.6 Å². The maximum Gasteiger partial charge on any atom is 0.251 e. The molecule has 1 aliphatic heterocycles. The average molecular weight is 552 g/mol. The first kappa shape index (κ1) is 25.1. The molecule has 4 heterocycles. The van der Waals surface area contributed by atoms with Gasteiger partial charge in [0.1, 0.15) is 23.3 Å². The van der Waals surface area contributed by atoms with Gasteiger partial charge in [-0.05, 0) is 43.0 Å². The monoisotopic (exact) mass is 551 g/mol. The predicted octanol–water partition coefficient (Wildman–Crippen LogP) is 4.83. The zero-order valence-corrected chi connectivity index (χ0v) is 22.4. The van der Waals surface area contributed by atoms with Crippen LogP contribution in [0.1, 0.15) is 29.6 Å². The smallest absolute Gasteiger partial charge is 0.251 e. The van der Waals surface area contributed by atoms with E-state index in [0.29, 0.717) is 47.7 Å². The summed E-state index contributed by atoms with van der Waals surface area (Å²) in [6, 6.07) is 13.4. The van der Waals surface area contributed by atoms with Gasteiger partial charge in [-0.25, -0.2) is 4.98 Å². The van der Waals surface area contributed by atoms with E-state index in [4.69, 9.17) is 24.2 Å². The predicted molar refractivity (Wildman–Crippen MR) is 154 cm³/mol. The lowest BCUT2D eigenvalue weighted by molar-refractivity contribution is -0.00346. The topological polar surface area (TPSA) is 139 Å². The first-order valence-electron chi connectivity index (χ1n) is 13.6. The standard InChI is InChI=1S/C30H29N7O4/c1-39-24-13-19(28(38)34-20-15-40-16-20)9-10-23(24)35-30-36-27-25(29(37-30)41-21-3-2-4-21)22(14-33-27)17-5-7-18(8-6-17)26-31-11-12-32-26/h5-14,20-21H,2-4,15-16H2,1H3,(H,31,32)(H,34,38)(H2,33,35,36,37). The summed E-state index contributed by atoms with van der Waals surface area (Å²) < 4.78 is 17.1. The van der Waals surface area contributed by atoms with Crippen molar-refractivity contribution in [3.05, 3.63) is 66.6 Å². The Kier molecular flexibility index (Phi) is 6.48. The third-order valence-corrected chi connectivity index (χ3v) is 7.48. The number of carbonyl (C=O) groups is 1. The number of anilines is 2. The minimum absolute atomic E-state index is 0.0418. The minimum atomic E-state index is -0.173. The summed E-state index contributed by atoms with van der Waals surface area (Å²) in [6.07, 6.45) is 8.74. The van der Waals surface area contributed by atoms with E-state index in [-0.39, 0.29) is 18.1 Å². The summed E-state index contributed by atoms with van der Waals surface area (Å²) in [7, 11) is 1.56. The van der Waals surface area contributed by atoms with Crippen LogP contribution in [0.25, 0.3) is 33.5 Å². The molecule has 1 saturated carbocycles. The summed E-state index contributed by atoms with van der Waals surface area (Å²) in [5.41, 5.74) is 4.75. The molecular weight excluding hydrogens is 522 g/mol. The SMILES string of the molecule is COc1cc(C(=O)NC2COC2)ccc1Nc1nc(OC2CCC2)c2c(-c3ccc(-c4ncc[nH]4)cc3)c[nH]c2n1. The lowest BCUT2D eigenvalue weighted by Gasteiger charge is -2.27. The zero-order valence-electron chi connectivity index (χ0n) is 22.4. The number of carbonyl (C=O) groups excluding carboxylic acids is 1. The second-order valence-corrected chi connectivity index (χ2v) is 10.2. The fraction of sp³-hybridized carbons (Fsp3) is 0.267. The van der Waals surface area contributed by atoms with E-state index in [0.717, 1.165) is 47.2 Å². The van der Waals surface area contributed by atoms with Gasteiger partial charge >= 0.3 is 0 Å². The molecule has 3 aromatic heterocycles. The molecule has 0 atom stereocenters. The van der Waals surface area contributed by atoms with Gasteiger partial charge in [-0.2, -0.15) is 9.97 Å². The lowest BCUT2D eigenvalue weighted by Crippen LogP contribution is -2.48. The molecule has 11 heteroatoms. The first-order valence-corrected chi connectivity index (χ1v) is 13.6. The number of H-pyrrole nitrogens is 2. The van der Waals surface area contributed by atoms with Crippen LogP contribution < -0.4 is 20.1 Å². The van der Waals surface area contributed by atoms with Gasteiger partial charge in [0.05, 0.1) is 37.4 Å². The van der Waals surface area contributed by atoms with Gasteiger partial charge in [0.15, 0.2) is 0 Å². The average Bonchev–Trinajstić information content (AvgIpc) is 3.64. The first-order chi connectivity index (χ1) is 20.1. The molecule has 0 spiro atoms. The van der Waals surface area contributed by atoms with Crippen LogP contribution in [0.5, 0.6) is 11.6 Å². The van der Waals surface area contributed by atoms with Crippen LogP contribution in [-0.2, 0) is 4.74 Å². The highest BCUT2D eigenvalue weighted by Crippen LogP contribution is 2.38. The van der Waals surface area contributed by atoms with Crippen molar-refractivity contribution in [1.29, 1.82) is 0 Å². The Morgan fingerprint density at radius 3 is 2.56 bits per heavy atom. The summed E-state index contributed by atoms with van der Waals surface area (Å²) in [4.78, 5) is 32.9. The third-order valence-electron chi connectivity index (χ3n) is 7.48. The number of benzene rings is 2. The number of nitrogens with zero attached hydrogens (tertiary/aromatic N) is 3. The number of amides is 1. The number of ether oxygens (including phenoxy) is 3. The number of fused-ring (bicyclic) bond motifs is 1. The molecule has 4 N–H and O–H groups in total. The molecule has 2 fully saturated rings. The van der Waals surface area contributed by atoms with Gasteiger partial charge in [-0.1, -0.05) is 24.3 Å². The van der Waals surface area contributed by atoms with Crippen LogP contribution in [0.15, 0.2) is 61.1 Å². The molecule has 11 nitrogen and oxygen atoms in total. The number of aromatic nitrogens is 5. The highest BCUT2D eigenvalue weighted by atomic mass is 16.5. The number of hydrogen-bond donors (Lipinski definition) is 4. The van der Waals surface area contributed by atoms with Crippen molar-refractivity contribution < 1.29 is 19.0 Å². The molecule has 1 aliphatic carbocycles. The fourth-order valence-corrected chi connectivity index (χ4v) is 4.89. The highest BCUT2D eigenvalue weighted by molar-refractivity contribution is 5.98. The van der Waals surface area contributed by atoms with E-state index >= 15 is 0 Å². The van der Waals surface area contributed by atoms with Gasteiger partial charge in [0.25, 0.3) is 5.91 Å². The van der Waals surface area contributed by atoms with Gasteiger partial charge in [0, 0.05) is 35.3 Å². The van der Waals surface area contributed by atoms with E-state index < -0.39 is 0 Å². The summed E-state index contributed by atoms with van der Waals surface area (Å²) >= 11 is 0. The number of nitrogens with one attached hydrogen (secondary N) is 4. The molecule has 2 aromatic carbocycles. The summed E-state index contributed by atoms with van der Waals surface area (Å²) in [5.74, 6) is 2.02. The normalized spacial score (nSPS) is 15.2. The molecule has 0 radical (unpaired) electrons. The van der Waals surface area contributed by atoms with E-state index in [1.54, 1.807) is 31.5 Å². The molecule has 1 amide bonds. The van der Waals surface area contributed by atoms with Crippen molar-refractivity contribution in [1.82, 2.24) is 30.2 Å². The Morgan fingerprint density at radius 1 is 1.05 bits per heavy atom. The van der Waals surface area contributed by atoms with Crippen molar-refractivity contribution in [2.24, 2.45) is 0 Å². The fourth-order valence-electron chi connectivity index (χ4n) is 4.89. The van der Waals surface area contributed by atoms with Gasteiger partial charge in [0.2, 0.25) is 11.8 Å². The Labute approximate surface area is 235 Å². The number of imidazole rings is 1. The number of rotatable bonds is 9. The van der Waals surface area contributed by atoms with Crippen LogP contribution in [0.3, 0.4) is 0 Å². The van der Waals surface area contributed by atoms with Crippen LogP contribution in [0.4, 0.5) is 11.6 Å². The summed E-state index contributed by atoms with van der Waals surface area (Å²) in [6.45, 7) is 1.06. The molecule has 5 aromatic rings. The Balaban J connectivity index is 1.20. The van der Waals surface area contributed by atoms with Gasteiger partial charge < -0.3 is 34.8 Å². The Bertz CT molecular complexity index is 1690. The van der Waals surface area contributed by atoms with E-state index in [1.807, 2.05) is 24.5 Å². The van der Waals surface area contributed by atoms with Gasteiger partial charge in [-0.15, -0.1) is 0 Å². The van der Waals surface area contributed by atoms with Crippen LogP contribution in [0.2, 0.25) is 0 Å². The quantitative estimate of drug-likeness (QED) is 0.204. The van der Waals surface area contributed by atoms with Crippen molar-refractivity contribution in [3.8, 4) is 34.1 Å². The molecule has 0 bridgehead atoms. The molecule has 0 unspecified atom stereocenters. The van der Waals surface area contributed by atoms with Crippen LogP contribution in [-0.4, -0.2) is 63.3 Å². The molecule has 1 saturated heterocycles. The number of aromatic amines is 2.